The van der Waals surface area contributed by atoms with Crippen molar-refractivity contribution in [3.63, 3.8) is 0 Å². The highest BCUT2D eigenvalue weighted by Crippen LogP contribution is 2.43. The third kappa shape index (κ3) is 4.60. The Hall–Kier alpha value is -3.39. The summed E-state index contributed by atoms with van der Waals surface area (Å²) >= 11 is 1.22. The maximum atomic E-state index is 14.7. The largest absolute Gasteiger partial charge is 0.378 e. The van der Waals surface area contributed by atoms with E-state index in [4.69, 9.17) is 0 Å². The summed E-state index contributed by atoms with van der Waals surface area (Å²) in [4.78, 5) is 33.2. The Balaban J connectivity index is 1.53. The van der Waals surface area contributed by atoms with Crippen molar-refractivity contribution in [1.82, 2.24) is 9.88 Å². The zero-order valence-electron chi connectivity index (χ0n) is 17.8. The van der Waals surface area contributed by atoms with Crippen LogP contribution in [-0.4, -0.2) is 41.5 Å². The minimum Gasteiger partial charge on any atom is -0.378 e. The summed E-state index contributed by atoms with van der Waals surface area (Å²) in [5.41, 5.74) is 2.66. The molecule has 0 saturated heterocycles. The number of halogens is 1. The first-order chi connectivity index (χ1) is 15.4. The Kier molecular flexibility index (Phi) is 6.41. The van der Waals surface area contributed by atoms with Crippen molar-refractivity contribution < 1.29 is 14.0 Å². The second-order valence-electron chi connectivity index (χ2n) is 7.62. The second kappa shape index (κ2) is 9.40. The third-order valence-corrected chi connectivity index (χ3v) is 6.42. The van der Waals surface area contributed by atoms with Gasteiger partial charge in [-0.3, -0.25) is 9.59 Å². The van der Waals surface area contributed by atoms with E-state index in [2.05, 4.69) is 10.3 Å². The second-order valence-corrected chi connectivity index (χ2v) is 8.69. The molecular weight excluding hydrogens is 427 g/mol. The van der Waals surface area contributed by atoms with Crippen LogP contribution >= 0.6 is 11.8 Å². The van der Waals surface area contributed by atoms with Crippen LogP contribution in [0.2, 0.25) is 0 Å². The maximum absolute atomic E-state index is 14.7. The molecule has 0 aliphatic carbocycles. The summed E-state index contributed by atoms with van der Waals surface area (Å²) in [5, 5.41) is 2.13. The Morgan fingerprint density at radius 3 is 2.59 bits per heavy atom. The van der Waals surface area contributed by atoms with Gasteiger partial charge in [0, 0.05) is 43.7 Å². The van der Waals surface area contributed by atoms with Crippen LogP contribution in [0.15, 0.2) is 66.9 Å². The Bertz CT molecular complexity index is 1120. The highest BCUT2D eigenvalue weighted by Gasteiger charge is 2.39. The van der Waals surface area contributed by atoms with Gasteiger partial charge in [0.2, 0.25) is 5.91 Å². The lowest BCUT2D eigenvalue weighted by Crippen LogP contribution is -2.27. The van der Waals surface area contributed by atoms with Gasteiger partial charge in [-0.15, -0.1) is 11.8 Å². The lowest BCUT2D eigenvalue weighted by molar-refractivity contribution is -0.113. The molecule has 2 aromatic carbocycles. The highest BCUT2D eigenvalue weighted by atomic mass is 32.2. The molecule has 1 atom stereocenters. The summed E-state index contributed by atoms with van der Waals surface area (Å²) in [6, 6.07) is 17.6. The van der Waals surface area contributed by atoms with E-state index in [1.165, 1.54) is 23.9 Å². The standard InChI is InChI=1S/C24H23FN4O2S/c1-28(2)17-11-9-16(10-12-17)14-29-23(31)18-6-5-7-19(25)22(18)24(29)32-15-21(30)27-20-8-3-4-13-26-20/h3-13,24H,14-15H2,1-2H3,(H,26,27,30). The van der Waals surface area contributed by atoms with Crippen LogP contribution in [-0.2, 0) is 11.3 Å². The van der Waals surface area contributed by atoms with E-state index in [1.54, 1.807) is 35.4 Å². The number of fused-ring (bicyclic) bond motifs is 1. The van der Waals surface area contributed by atoms with Crippen molar-refractivity contribution in [2.24, 2.45) is 0 Å². The van der Waals surface area contributed by atoms with Gasteiger partial charge in [0.1, 0.15) is 17.0 Å². The Labute approximate surface area is 190 Å². The summed E-state index contributed by atoms with van der Waals surface area (Å²) in [6.45, 7) is 0.320. The molecular formula is C24H23FN4O2S. The minimum atomic E-state index is -0.596. The normalized spacial score (nSPS) is 14.9. The zero-order chi connectivity index (χ0) is 22.7. The summed E-state index contributed by atoms with van der Waals surface area (Å²) in [6.07, 6.45) is 1.59. The van der Waals surface area contributed by atoms with E-state index < -0.39 is 11.2 Å². The van der Waals surface area contributed by atoms with Crippen LogP contribution in [0.25, 0.3) is 0 Å². The van der Waals surface area contributed by atoms with Crippen LogP contribution in [0.3, 0.4) is 0 Å². The van der Waals surface area contributed by atoms with Gasteiger partial charge >= 0.3 is 0 Å². The number of nitrogens with zero attached hydrogens (tertiary/aromatic N) is 3. The number of hydrogen-bond donors (Lipinski definition) is 1. The Morgan fingerprint density at radius 2 is 1.91 bits per heavy atom. The fraction of sp³-hybridized carbons (Fsp3) is 0.208. The van der Waals surface area contributed by atoms with Gasteiger partial charge in [-0.25, -0.2) is 9.37 Å². The lowest BCUT2D eigenvalue weighted by Gasteiger charge is -2.25. The minimum absolute atomic E-state index is 0.0539. The predicted molar refractivity (Wildman–Crippen MR) is 125 cm³/mol. The van der Waals surface area contributed by atoms with Gasteiger partial charge in [-0.05, 0) is 42.0 Å². The molecule has 1 unspecified atom stereocenters. The van der Waals surface area contributed by atoms with Crippen molar-refractivity contribution in [2.75, 3.05) is 30.1 Å². The zero-order valence-corrected chi connectivity index (χ0v) is 18.6. The number of rotatable bonds is 7. The van der Waals surface area contributed by atoms with Crippen LogP contribution in [0.4, 0.5) is 15.9 Å². The fourth-order valence-electron chi connectivity index (χ4n) is 3.59. The van der Waals surface area contributed by atoms with Gasteiger partial charge in [0.25, 0.3) is 5.91 Å². The molecule has 1 N–H and O–H groups in total. The number of nitrogens with one attached hydrogen (secondary N) is 1. The topological polar surface area (TPSA) is 65.5 Å². The molecule has 0 fully saturated rings. The average molecular weight is 451 g/mol. The highest BCUT2D eigenvalue weighted by molar-refractivity contribution is 8.00. The number of thioether (sulfide) groups is 1. The predicted octanol–water partition coefficient (Wildman–Crippen LogP) is 4.31. The molecule has 1 aliphatic heterocycles. The quantitative estimate of drug-likeness (QED) is 0.581. The van der Waals surface area contributed by atoms with Gasteiger partial charge in [0.15, 0.2) is 0 Å². The molecule has 0 saturated carbocycles. The molecule has 3 aromatic rings. The van der Waals surface area contributed by atoms with Crippen molar-refractivity contribution in [3.05, 3.63) is 89.4 Å². The number of carbonyl (C=O) groups excluding carboxylic acids is 2. The van der Waals surface area contributed by atoms with E-state index >= 15 is 0 Å². The van der Waals surface area contributed by atoms with Crippen molar-refractivity contribution >= 4 is 35.1 Å². The molecule has 8 heteroatoms. The van der Waals surface area contributed by atoms with Gasteiger partial charge in [0.05, 0.1) is 5.75 Å². The molecule has 2 heterocycles. The van der Waals surface area contributed by atoms with Crippen LogP contribution in [0.5, 0.6) is 0 Å². The van der Waals surface area contributed by atoms with E-state index in [9.17, 15) is 14.0 Å². The van der Waals surface area contributed by atoms with Crippen molar-refractivity contribution in [2.45, 2.75) is 11.9 Å². The average Bonchev–Trinajstić information content (AvgIpc) is 3.05. The van der Waals surface area contributed by atoms with Crippen LogP contribution < -0.4 is 10.2 Å². The van der Waals surface area contributed by atoms with E-state index in [0.717, 1.165) is 11.3 Å². The smallest absolute Gasteiger partial charge is 0.255 e. The van der Waals surface area contributed by atoms with Crippen LogP contribution in [0.1, 0.15) is 26.9 Å². The summed E-state index contributed by atoms with van der Waals surface area (Å²) < 4.78 is 14.7. The monoisotopic (exact) mass is 450 g/mol. The van der Waals surface area contributed by atoms with Gasteiger partial charge in [-0.1, -0.05) is 24.3 Å². The van der Waals surface area contributed by atoms with E-state index in [1.807, 2.05) is 43.3 Å². The first-order valence-corrected chi connectivity index (χ1v) is 11.2. The van der Waals surface area contributed by atoms with E-state index in [-0.39, 0.29) is 17.6 Å². The first-order valence-electron chi connectivity index (χ1n) is 10.1. The summed E-state index contributed by atoms with van der Waals surface area (Å²) in [7, 11) is 3.92. The lowest BCUT2D eigenvalue weighted by atomic mass is 10.1. The number of carbonyl (C=O) groups is 2. The number of hydrogen-bond acceptors (Lipinski definition) is 5. The molecule has 0 spiro atoms. The Morgan fingerprint density at radius 1 is 1.12 bits per heavy atom. The number of pyridine rings is 1. The van der Waals surface area contributed by atoms with Gasteiger partial charge < -0.3 is 15.1 Å². The third-order valence-electron chi connectivity index (χ3n) is 5.18. The number of anilines is 2. The molecule has 4 rings (SSSR count). The molecule has 32 heavy (non-hydrogen) atoms. The molecule has 1 aliphatic rings. The number of amides is 2. The molecule has 0 radical (unpaired) electrons. The van der Waals surface area contributed by atoms with Crippen LogP contribution in [0, 0.1) is 5.82 Å². The van der Waals surface area contributed by atoms with E-state index in [0.29, 0.717) is 23.5 Å². The summed E-state index contributed by atoms with van der Waals surface area (Å²) in [5.74, 6) is -0.438. The SMILES string of the molecule is CN(C)c1ccc(CN2C(=O)c3cccc(F)c3C2SCC(=O)Nc2ccccn2)cc1. The van der Waals surface area contributed by atoms with Crippen molar-refractivity contribution in [3.8, 4) is 0 Å². The number of benzene rings is 2. The molecule has 2 amide bonds. The maximum Gasteiger partial charge on any atom is 0.255 e. The fourth-order valence-corrected chi connectivity index (χ4v) is 4.72. The molecule has 164 valence electrons. The molecule has 6 nitrogen and oxygen atoms in total. The van der Waals surface area contributed by atoms with Gasteiger partial charge in [-0.2, -0.15) is 0 Å². The number of aromatic nitrogens is 1. The first kappa shape index (κ1) is 21.8. The molecule has 1 aromatic heterocycles. The van der Waals surface area contributed by atoms with Crippen molar-refractivity contribution in [1.29, 1.82) is 0 Å². The molecule has 0 bridgehead atoms.